The Morgan fingerprint density at radius 3 is 2.45 bits per heavy atom. The minimum Gasteiger partial charge on any atom is -0.307 e. The molecule has 0 bridgehead atoms. The number of amides is 3. The molecular formula is C17H25N3O2. The molecule has 1 aromatic carbocycles. The van der Waals surface area contributed by atoms with Gasteiger partial charge >= 0.3 is 6.03 Å². The molecule has 0 aromatic heterocycles. The average molecular weight is 303 g/mol. The minimum atomic E-state index is -0.511. The van der Waals surface area contributed by atoms with Crippen molar-refractivity contribution >= 4 is 17.6 Å². The maximum absolute atomic E-state index is 11.9. The third-order valence-electron chi connectivity index (χ3n) is 3.19. The van der Waals surface area contributed by atoms with Crippen LogP contribution in [0.1, 0.15) is 25.0 Å². The van der Waals surface area contributed by atoms with Crippen LogP contribution in [-0.2, 0) is 4.79 Å². The van der Waals surface area contributed by atoms with Gasteiger partial charge in [-0.15, -0.1) is 0 Å². The Morgan fingerprint density at radius 1 is 1.23 bits per heavy atom. The van der Waals surface area contributed by atoms with E-state index in [1.807, 2.05) is 50.8 Å². The molecule has 0 spiro atoms. The van der Waals surface area contributed by atoms with Crippen LogP contribution in [0, 0.1) is 13.8 Å². The molecule has 120 valence electrons. The first kappa shape index (κ1) is 17.9. The summed E-state index contributed by atoms with van der Waals surface area (Å²) in [7, 11) is 0. The van der Waals surface area contributed by atoms with Crippen LogP contribution in [0.25, 0.3) is 0 Å². The summed E-state index contributed by atoms with van der Waals surface area (Å²) in [4.78, 5) is 25.7. The number of hydrogen-bond acceptors (Lipinski definition) is 3. The summed E-state index contributed by atoms with van der Waals surface area (Å²) in [5.74, 6) is -0.328. The smallest absolute Gasteiger partial charge is 0.307 e. The molecular weight excluding hydrogens is 278 g/mol. The molecule has 5 heteroatoms. The third kappa shape index (κ3) is 6.10. The molecule has 0 atom stereocenters. The lowest BCUT2D eigenvalue weighted by atomic mass is 10.1. The van der Waals surface area contributed by atoms with E-state index in [-0.39, 0.29) is 12.5 Å². The summed E-state index contributed by atoms with van der Waals surface area (Å²) in [6, 6.07) is 5.20. The SMILES string of the molecule is C=C(C)CN(CC)CC(=O)NC(=O)Nc1ccc(C)cc1C. The van der Waals surface area contributed by atoms with Gasteiger partial charge in [0.25, 0.3) is 0 Å². The Hall–Kier alpha value is -2.14. The largest absolute Gasteiger partial charge is 0.325 e. The second-order valence-electron chi connectivity index (χ2n) is 5.58. The predicted molar refractivity (Wildman–Crippen MR) is 90.0 cm³/mol. The lowest BCUT2D eigenvalue weighted by Gasteiger charge is -2.19. The molecule has 1 aromatic rings. The number of benzene rings is 1. The van der Waals surface area contributed by atoms with Gasteiger partial charge in [0.15, 0.2) is 0 Å². The number of anilines is 1. The number of nitrogens with zero attached hydrogens (tertiary/aromatic N) is 1. The maximum atomic E-state index is 11.9. The molecule has 0 aliphatic rings. The number of carbonyl (C=O) groups excluding carboxylic acids is 2. The Balaban J connectivity index is 2.53. The highest BCUT2D eigenvalue weighted by molar-refractivity contribution is 6.02. The van der Waals surface area contributed by atoms with E-state index in [0.717, 1.165) is 23.2 Å². The van der Waals surface area contributed by atoms with E-state index < -0.39 is 6.03 Å². The van der Waals surface area contributed by atoms with Gasteiger partial charge in [-0.25, -0.2) is 4.79 Å². The fourth-order valence-electron chi connectivity index (χ4n) is 2.14. The summed E-state index contributed by atoms with van der Waals surface area (Å²) < 4.78 is 0. The van der Waals surface area contributed by atoms with Crippen molar-refractivity contribution in [2.45, 2.75) is 27.7 Å². The average Bonchev–Trinajstić information content (AvgIpc) is 2.40. The fourth-order valence-corrected chi connectivity index (χ4v) is 2.14. The standard InChI is InChI=1S/C17H25N3O2/c1-6-20(10-12(2)3)11-16(21)19-17(22)18-15-8-7-13(4)9-14(15)5/h7-9H,2,6,10-11H2,1,3-5H3,(H2,18,19,21,22). The number of urea groups is 1. The second kappa shape index (κ2) is 8.34. The van der Waals surface area contributed by atoms with Gasteiger partial charge in [0.2, 0.25) is 5.91 Å². The van der Waals surface area contributed by atoms with Crippen LogP contribution in [0.5, 0.6) is 0 Å². The summed E-state index contributed by atoms with van der Waals surface area (Å²) >= 11 is 0. The molecule has 0 aliphatic heterocycles. The van der Waals surface area contributed by atoms with E-state index in [4.69, 9.17) is 0 Å². The van der Waals surface area contributed by atoms with E-state index in [1.54, 1.807) is 0 Å². The van der Waals surface area contributed by atoms with Crippen LogP contribution in [0.2, 0.25) is 0 Å². The molecule has 5 nitrogen and oxygen atoms in total. The van der Waals surface area contributed by atoms with Crippen molar-refractivity contribution in [2.75, 3.05) is 25.0 Å². The van der Waals surface area contributed by atoms with Crippen molar-refractivity contribution in [1.29, 1.82) is 0 Å². The normalized spacial score (nSPS) is 10.4. The predicted octanol–water partition coefficient (Wildman–Crippen LogP) is 2.85. The van der Waals surface area contributed by atoms with Crippen LogP contribution >= 0.6 is 0 Å². The summed E-state index contributed by atoms with van der Waals surface area (Å²) in [5, 5.41) is 5.04. The zero-order valence-electron chi connectivity index (χ0n) is 13.8. The molecule has 3 amide bonds. The zero-order chi connectivity index (χ0) is 16.7. The van der Waals surface area contributed by atoms with Crippen molar-refractivity contribution in [3.05, 3.63) is 41.5 Å². The van der Waals surface area contributed by atoms with Crippen molar-refractivity contribution < 1.29 is 9.59 Å². The van der Waals surface area contributed by atoms with Crippen LogP contribution in [0.3, 0.4) is 0 Å². The van der Waals surface area contributed by atoms with E-state index in [1.165, 1.54) is 0 Å². The highest BCUT2D eigenvalue weighted by atomic mass is 16.2. The molecule has 0 fully saturated rings. The Morgan fingerprint density at radius 2 is 1.91 bits per heavy atom. The molecule has 0 heterocycles. The number of carbonyl (C=O) groups is 2. The number of rotatable bonds is 6. The van der Waals surface area contributed by atoms with Crippen LogP contribution in [0.4, 0.5) is 10.5 Å². The number of likely N-dealkylation sites (N-methyl/N-ethyl adjacent to an activating group) is 1. The van der Waals surface area contributed by atoms with Crippen LogP contribution in [-0.4, -0.2) is 36.5 Å². The van der Waals surface area contributed by atoms with Gasteiger partial charge in [-0.2, -0.15) is 0 Å². The number of imide groups is 1. The van der Waals surface area contributed by atoms with E-state index in [9.17, 15) is 9.59 Å². The molecule has 0 unspecified atom stereocenters. The van der Waals surface area contributed by atoms with E-state index in [2.05, 4.69) is 17.2 Å². The molecule has 22 heavy (non-hydrogen) atoms. The number of hydrogen-bond donors (Lipinski definition) is 2. The van der Waals surface area contributed by atoms with Gasteiger partial charge in [-0.05, 0) is 38.9 Å². The van der Waals surface area contributed by atoms with Gasteiger partial charge in [0, 0.05) is 12.2 Å². The molecule has 0 saturated carbocycles. The minimum absolute atomic E-state index is 0.170. The van der Waals surface area contributed by atoms with Crippen LogP contribution < -0.4 is 10.6 Å². The van der Waals surface area contributed by atoms with Crippen molar-refractivity contribution in [3.63, 3.8) is 0 Å². The second-order valence-corrected chi connectivity index (χ2v) is 5.58. The Kier molecular flexibility index (Phi) is 6.79. The Labute approximate surface area is 132 Å². The first-order valence-corrected chi connectivity index (χ1v) is 7.36. The summed E-state index contributed by atoms with van der Waals surface area (Å²) in [5.41, 5.74) is 3.76. The molecule has 1 rings (SSSR count). The molecule has 0 saturated heterocycles. The maximum Gasteiger partial charge on any atom is 0.325 e. The lowest BCUT2D eigenvalue weighted by Crippen LogP contribution is -2.42. The van der Waals surface area contributed by atoms with Gasteiger partial charge in [0.1, 0.15) is 0 Å². The first-order valence-electron chi connectivity index (χ1n) is 7.36. The highest BCUT2D eigenvalue weighted by Gasteiger charge is 2.12. The van der Waals surface area contributed by atoms with Gasteiger partial charge in [0.05, 0.1) is 6.54 Å². The fraction of sp³-hybridized carbons (Fsp3) is 0.412. The number of aryl methyl sites for hydroxylation is 2. The lowest BCUT2D eigenvalue weighted by molar-refractivity contribution is -0.120. The van der Waals surface area contributed by atoms with Crippen LogP contribution in [0.15, 0.2) is 30.4 Å². The van der Waals surface area contributed by atoms with E-state index >= 15 is 0 Å². The quantitative estimate of drug-likeness (QED) is 0.794. The third-order valence-corrected chi connectivity index (χ3v) is 3.19. The molecule has 0 aliphatic carbocycles. The zero-order valence-corrected chi connectivity index (χ0v) is 13.8. The molecule has 0 radical (unpaired) electrons. The van der Waals surface area contributed by atoms with Crippen molar-refractivity contribution in [2.24, 2.45) is 0 Å². The highest BCUT2D eigenvalue weighted by Crippen LogP contribution is 2.15. The number of nitrogens with one attached hydrogen (secondary N) is 2. The van der Waals surface area contributed by atoms with Crippen molar-refractivity contribution in [3.8, 4) is 0 Å². The topological polar surface area (TPSA) is 61.4 Å². The monoisotopic (exact) mass is 303 g/mol. The van der Waals surface area contributed by atoms with Gasteiger partial charge in [-0.3, -0.25) is 15.0 Å². The summed E-state index contributed by atoms with van der Waals surface area (Å²) in [6.45, 7) is 13.1. The van der Waals surface area contributed by atoms with Gasteiger partial charge in [-0.1, -0.05) is 36.8 Å². The van der Waals surface area contributed by atoms with Gasteiger partial charge < -0.3 is 5.32 Å². The van der Waals surface area contributed by atoms with Crippen molar-refractivity contribution in [1.82, 2.24) is 10.2 Å². The van der Waals surface area contributed by atoms with E-state index in [0.29, 0.717) is 12.2 Å². The molecule has 2 N–H and O–H groups in total. The summed E-state index contributed by atoms with van der Waals surface area (Å²) in [6.07, 6.45) is 0. The Bertz CT molecular complexity index is 567. The first-order chi connectivity index (χ1) is 10.3.